The molecule has 0 aliphatic heterocycles. The molecule has 0 aliphatic rings. The summed E-state index contributed by atoms with van der Waals surface area (Å²) in [6.45, 7) is 8.90. The number of hydrogen-bond acceptors (Lipinski definition) is 2. The van der Waals surface area contributed by atoms with Crippen molar-refractivity contribution in [1.82, 2.24) is 15.1 Å². The molecule has 1 unspecified atom stereocenters. The van der Waals surface area contributed by atoms with E-state index in [-0.39, 0.29) is 0 Å². The summed E-state index contributed by atoms with van der Waals surface area (Å²) in [5, 5.41) is 8.04. The van der Waals surface area contributed by atoms with Gasteiger partial charge in [0.2, 0.25) is 0 Å². The highest BCUT2D eigenvalue weighted by Gasteiger charge is 2.03. The lowest BCUT2D eigenvalue weighted by Gasteiger charge is -2.08. The number of hydrogen-bond donors (Lipinski definition) is 1. The molecule has 0 aromatic carbocycles. The third kappa shape index (κ3) is 5.35. The van der Waals surface area contributed by atoms with Crippen molar-refractivity contribution in [2.75, 3.05) is 13.1 Å². The summed E-state index contributed by atoms with van der Waals surface area (Å²) < 4.78 is 2.09. The van der Waals surface area contributed by atoms with Gasteiger partial charge in [-0.2, -0.15) is 5.10 Å². The van der Waals surface area contributed by atoms with Gasteiger partial charge in [0.05, 0.1) is 5.69 Å². The van der Waals surface area contributed by atoms with E-state index in [0.29, 0.717) is 6.04 Å². The molecular formula is C14H27N3. The fourth-order valence-corrected chi connectivity index (χ4v) is 1.80. The third-order valence-electron chi connectivity index (χ3n) is 3.17. The van der Waals surface area contributed by atoms with E-state index in [2.05, 4.69) is 48.1 Å². The molecule has 0 bridgehead atoms. The molecule has 0 aliphatic carbocycles. The van der Waals surface area contributed by atoms with Crippen LogP contribution in [0.25, 0.3) is 0 Å². The molecule has 0 amide bonds. The first kappa shape index (κ1) is 14.2. The average molecular weight is 237 g/mol. The molecule has 98 valence electrons. The molecule has 1 rings (SSSR count). The zero-order valence-electron chi connectivity index (χ0n) is 11.6. The molecule has 1 N–H and O–H groups in total. The maximum atomic E-state index is 4.61. The Kier molecular flexibility index (Phi) is 6.94. The van der Waals surface area contributed by atoms with Gasteiger partial charge in [0.25, 0.3) is 0 Å². The predicted octanol–water partition coefficient (Wildman–Crippen LogP) is 3.18. The van der Waals surface area contributed by atoms with Crippen molar-refractivity contribution in [1.29, 1.82) is 0 Å². The number of aromatic nitrogens is 2. The lowest BCUT2D eigenvalue weighted by molar-refractivity contribution is 0.472. The first-order chi connectivity index (χ1) is 8.27. The third-order valence-corrected chi connectivity index (χ3v) is 3.17. The molecule has 1 aromatic rings. The molecule has 3 nitrogen and oxygen atoms in total. The Bertz CT molecular complexity index is 293. The van der Waals surface area contributed by atoms with E-state index < -0.39 is 0 Å². The van der Waals surface area contributed by atoms with Crippen LogP contribution in [0.15, 0.2) is 12.3 Å². The Morgan fingerprint density at radius 2 is 2.12 bits per heavy atom. The number of nitrogens with zero attached hydrogens (tertiary/aromatic N) is 2. The minimum atomic E-state index is 0.523. The van der Waals surface area contributed by atoms with Crippen LogP contribution in [-0.4, -0.2) is 22.9 Å². The van der Waals surface area contributed by atoms with Gasteiger partial charge in [-0.05, 0) is 58.2 Å². The molecule has 0 saturated carbocycles. The van der Waals surface area contributed by atoms with Crippen LogP contribution >= 0.6 is 0 Å². The highest BCUT2D eigenvalue weighted by molar-refractivity contribution is 4.99. The lowest BCUT2D eigenvalue weighted by atomic mass is 10.2. The van der Waals surface area contributed by atoms with Crippen LogP contribution in [0.5, 0.6) is 0 Å². The van der Waals surface area contributed by atoms with Crippen LogP contribution < -0.4 is 5.32 Å². The van der Waals surface area contributed by atoms with Crippen LogP contribution in [0.3, 0.4) is 0 Å². The van der Waals surface area contributed by atoms with Gasteiger partial charge in [-0.3, -0.25) is 4.68 Å². The SMILES string of the molecule is CCCNCCCCc1ccn(C(C)CC)n1. The normalized spacial score (nSPS) is 12.9. The molecule has 0 radical (unpaired) electrons. The van der Waals surface area contributed by atoms with Crippen LogP contribution in [0.2, 0.25) is 0 Å². The second-order valence-electron chi connectivity index (χ2n) is 4.75. The lowest BCUT2D eigenvalue weighted by Crippen LogP contribution is -2.15. The molecule has 1 aromatic heterocycles. The van der Waals surface area contributed by atoms with E-state index in [4.69, 9.17) is 0 Å². The van der Waals surface area contributed by atoms with E-state index in [1.807, 2.05) is 0 Å². The van der Waals surface area contributed by atoms with E-state index in [0.717, 1.165) is 25.9 Å². The Morgan fingerprint density at radius 3 is 2.82 bits per heavy atom. The van der Waals surface area contributed by atoms with Crippen molar-refractivity contribution >= 4 is 0 Å². The minimum Gasteiger partial charge on any atom is -0.317 e. The topological polar surface area (TPSA) is 29.9 Å². The first-order valence-corrected chi connectivity index (χ1v) is 7.02. The summed E-state index contributed by atoms with van der Waals surface area (Å²) in [6, 6.07) is 2.68. The fraction of sp³-hybridized carbons (Fsp3) is 0.786. The first-order valence-electron chi connectivity index (χ1n) is 7.02. The van der Waals surface area contributed by atoms with Gasteiger partial charge < -0.3 is 5.32 Å². The molecule has 0 spiro atoms. The summed E-state index contributed by atoms with van der Waals surface area (Å²) in [6.07, 6.45) is 8.06. The smallest absolute Gasteiger partial charge is 0.0624 e. The van der Waals surface area contributed by atoms with Crippen LogP contribution in [-0.2, 0) is 6.42 Å². The molecule has 0 fully saturated rings. The standard InChI is InChI=1S/C14H27N3/c1-4-10-15-11-7-6-8-14-9-12-17(16-14)13(3)5-2/h9,12-13,15H,4-8,10-11H2,1-3H3. The summed E-state index contributed by atoms with van der Waals surface area (Å²) in [7, 11) is 0. The van der Waals surface area contributed by atoms with Gasteiger partial charge in [-0.1, -0.05) is 13.8 Å². The second kappa shape index (κ2) is 8.29. The van der Waals surface area contributed by atoms with E-state index in [1.54, 1.807) is 0 Å². The zero-order chi connectivity index (χ0) is 12.5. The number of rotatable bonds is 9. The number of aryl methyl sites for hydroxylation is 1. The van der Waals surface area contributed by atoms with Crippen molar-refractivity contribution in [2.45, 2.75) is 58.9 Å². The Morgan fingerprint density at radius 1 is 1.29 bits per heavy atom. The van der Waals surface area contributed by atoms with Crippen LogP contribution in [0.1, 0.15) is 58.2 Å². The number of unbranched alkanes of at least 4 members (excludes halogenated alkanes) is 1. The molecule has 1 heterocycles. The van der Waals surface area contributed by atoms with Gasteiger partial charge in [-0.15, -0.1) is 0 Å². The Labute approximate surface area is 106 Å². The summed E-state index contributed by atoms with van der Waals surface area (Å²) in [5.41, 5.74) is 1.24. The van der Waals surface area contributed by atoms with E-state index in [9.17, 15) is 0 Å². The van der Waals surface area contributed by atoms with Crippen molar-refractivity contribution < 1.29 is 0 Å². The second-order valence-corrected chi connectivity index (χ2v) is 4.75. The predicted molar refractivity (Wildman–Crippen MR) is 73.3 cm³/mol. The maximum Gasteiger partial charge on any atom is 0.0624 e. The van der Waals surface area contributed by atoms with Gasteiger partial charge >= 0.3 is 0 Å². The summed E-state index contributed by atoms with van der Waals surface area (Å²) >= 11 is 0. The molecule has 3 heteroatoms. The largest absolute Gasteiger partial charge is 0.317 e. The monoisotopic (exact) mass is 237 g/mol. The molecule has 0 saturated heterocycles. The van der Waals surface area contributed by atoms with Crippen molar-refractivity contribution in [3.63, 3.8) is 0 Å². The van der Waals surface area contributed by atoms with Gasteiger partial charge in [-0.25, -0.2) is 0 Å². The summed E-state index contributed by atoms with van der Waals surface area (Å²) in [5.74, 6) is 0. The van der Waals surface area contributed by atoms with Crippen LogP contribution in [0.4, 0.5) is 0 Å². The number of nitrogens with one attached hydrogen (secondary N) is 1. The average Bonchev–Trinajstić information content (AvgIpc) is 2.81. The van der Waals surface area contributed by atoms with Gasteiger partial charge in [0.15, 0.2) is 0 Å². The Hall–Kier alpha value is -0.830. The quantitative estimate of drug-likeness (QED) is 0.669. The maximum absolute atomic E-state index is 4.61. The minimum absolute atomic E-state index is 0.523. The molecular weight excluding hydrogens is 210 g/mol. The van der Waals surface area contributed by atoms with Crippen molar-refractivity contribution in [3.05, 3.63) is 18.0 Å². The van der Waals surface area contributed by atoms with Crippen LogP contribution in [0, 0.1) is 0 Å². The van der Waals surface area contributed by atoms with Crippen molar-refractivity contribution in [3.8, 4) is 0 Å². The highest BCUT2D eigenvalue weighted by Crippen LogP contribution is 2.10. The van der Waals surface area contributed by atoms with E-state index >= 15 is 0 Å². The van der Waals surface area contributed by atoms with Gasteiger partial charge in [0.1, 0.15) is 0 Å². The zero-order valence-corrected chi connectivity index (χ0v) is 11.6. The van der Waals surface area contributed by atoms with Crippen molar-refractivity contribution in [2.24, 2.45) is 0 Å². The highest BCUT2D eigenvalue weighted by atomic mass is 15.3. The Balaban J connectivity index is 2.16. The fourth-order valence-electron chi connectivity index (χ4n) is 1.80. The van der Waals surface area contributed by atoms with Gasteiger partial charge in [0, 0.05) is 12.2 Å². The molecule has 17 heavy (non-hydrogen) atoms. The summed E-state index contributed by atoms with van der Waals surface area (Å²) in [4.78, 5) is 0. The molecule has 1 atom stereocenters. The van der Waals surface area contributed by atoms with E-state index in [1.165, 1.54) is 25.0 Å².